The number of H-pyrrole nitrogens is 1. The summed E-state index contributed by atoms with van der Waals surface area (Å²) in [7, 11) is 0. The normalized spacial score (nSPS) is 11.4. The smallest absolute Gasteiger partial charge is 0.406 e. The third-order valence-electron chi connectivity index (χ3n) is 3.79. The molecule has 29 heavy (non-hydrogen) atoms. The SMILES string of the molecule is O=C(Nc1ccc2[nH]ccc2c1)Nc1nnc(-c2ccc(OC(F)(F)F)cc2)s1. The van der Waals surface area contributed by atoms with Gasteiger partial charge in [0.2, 0.25) is 5.13 Å². The molecule has 0 spiro atoms. The Morgan fingerprint density at radius 1 is 1.03 bits per heavy atom. The van der Waals surface area contributed by atoms with E-state index in [4.69, 9.17) is 0 Å². The van der Waals surface area contributed by atoms with E-state index in [2.05, 4.69) is 30.6 Å². The molecule has 0 bridgehead atoms. The zero-order valence-electron chi connectivity index (χ0n) is 14.4. The fraction of sp³-hybridized carbons (Fsp3) is 0.0556. The minimum atomic E-state index is -4.75. The standard InChI is InChI=1S/C18H12F3N5O2S/c19-18(20,21)28-13-4-1-10(2-5-13)15-25-26-17(29-15)24-16(27)23-12-3-6-14-11(9-12)7-8-22-14/h1-9,22H,(H2,23,24,26,27). The van der Waals surface area contributed by atoms with Crippen LogP contribution in [0.15, 0.2) is 54.7 Å². The van der Waals surface area contributed by atoms with Crippen LogP contribution < -0.4 is 15.4 Å². The molecule has 0 fully saturated rings. The maximum Gasteiger partial charge on any atom is 0.573 e. The number of fused-ring (bicyclic) bond motifs is 1. The highest BCUT2D eigenvalue weighted by Crippen LogP contribution is 2.29. The lowest BCUT2D eigenvalue weighted by Crippen LogP contribution is -2.19. The molecule has 148 valence electrons. The Kier molecular flexibility index (Phi) is 4.80. The van der Waals surface area contributed by atoms with Gasteiger partial charge in [-0.05, 0) is 48.5 Å². The molecule has 2 aromatic carbocycles. The van der Waals surface area contributed by atoms with Gasteiger partial charge >= 0.3 is 12.4 Å². The average Bonchev–Trinajstić information content (AvgIpc) is 3.30. The molecule has 11 heteroatoms. The van der Waals surface area contributed by atoms with Crippen LogP contribution in [-0.4, -0.2) is 27.6 Å². The lowest BCUT2D eigenvalue weighted by molar-refractivity contribution is -0.274. The number of rotatable bonds is 4. The maximum atomic E-state index is 12.2. The first-order chi connectivity index (χ1) is 13.9. The number of aromatic amines is 1. The Balaban J connectivity index is 1.40. The minimum absolute atomic E-state index is 0.246. The van der Waals surface area contributed by atoms with Crippen LogP contribution in [0, 0.1) is 0 Å². The molecule has 2 amide bonds. The summed E-state index contributed by atoms with van der Waals surface area (Å²) in [5.41, 5.74) is 2.11. The quantitative estimate of drug-likeness (QED) is 0.422. The molecular weight excluding hydrogens is 407 g/mol. The number of halogens is 3. The summed E-state index contributed by atoms with van der Waals surface area (Å²) in [6, 6.07) is 12.0. The van der Waals surface area contributed by atoms with Crippen molar-refractivity contribution in [2.45, 2.75) is 6.36 Å². The summed E-state index contributed by atoms with van der Waals surface area (Å²) in [5.74, 6) is -0.331. The van der Waals surface area contributed by atoms with Gasteiger partial charge in [0, 0.05) is 28.4 Å². The summed E-state index contributed by atoms with van der Waals surface area (Å²) in [6.45, 7) is 0. The molecule has 4 rings (SSSR count). The molecule has 0 unspecified atom stereocenters. The van der Waals surface area contributed by atoms with Crippen LogP contribution >= 0.6 is 11.3 Å². The number of carbonyl (C=O) groups is 1. The number of alkyl halides is 3. The number of carbonyl (C=O) groups excluding carboxylic acids is 1. The summed E-state index contributed by atoms with van der Waals surface area (Å²) in [4.78, 5) is 15.2. The van der Waals surface area contributed by atoms with Gasteiger partial charge in [-0.2, -0.15) is 0 Å². The van der Waals surface area contributed by atoms with Crippen molar-refractivity contribution in [2.24, 2.45) is 0 Å². The first-order valence-electron chi connectivity index (χ1n) is 8.20. The van der Waals surface area contributed by atoms with Gasteiger partial charge in [0.25, 0.3) is 0 Å². The molecule has 0 aliphatic carbocycles. The summed E-state index contributed by atoms with van der Waals surface area (Å²) >= 11 is 1.09. The number of nitrogens with one attached hydrogen (secondary N) is 3. The van der Waals surface area contributed by atoms with Gasteiger partial charge in [-0.25, -0.2) is 4.79 Å². The van der Waals surface area contributed by atoms with Crippen LogP contribution in [0.4, 0.5) is 28.8 Å². The van der Waals surface area contributed by atoms with E-state index in [1.165, 1.54) is 24.3 Å². The third-order valence-corrected chi connectivity index (χ3v) is 4.68. The second-order valence-electron chi connectivity index (χ2n) is 5.84. The average molecular weight is 419 g/mol. The summed E-state index contributed by atoms with van der Waals surface area (Å²) in [6.07, 6.45) is -2.95. The highest BCUT2D eigenvalue weighted by Gasteiger charge is 2.31. The van der Waals surface area contributed by atoms with Crippen molar-refractivity contribution in [3.8, 4) is 16.3 Å². The molecule has 0 atom stereocenters. The Bertz CT molecular complexity index is 1150. The van der Waals surface area contributed by atoms with Gasteiger partial charge < -0.3 is 15.0 Å². The molecule has 2 aromatic heterocycles. The topological polar surface area (TPSA) is 91.9 Å². The molecule has 0 saturated heterocycles. The first-order valence-corrected chi connectivity index (χ1v) is 9.02. The van der Waals surface area contributed by atoms with Gasteiger partial charge in [-0.3, -0.25) is 5.32 Å². The minimum Gasteiger partial charge on any atom is -0.406 e. The molecule has 4 aromatic rings. The van der Waals surface area contributed by atoms with Gasteiger partial charge in [0.1, 0.15) is 10.8 Å². The Labute approximate surface area is 165 Å². The van der Waals surface area contributed by atoms with Gasteiger partial charge in [-0.1, -0.05) is 11.3 Å². The predicted octanol–water partition coefficient (Wildman–Crippen LogP) is 5.23. The molecule has 0 aliphatic rings. The van der Waals surface area contributed by atoms with Crippen LogP contribution in [0.5, 0.6) is 5.75 Å². The van der Waals surface area contributed by atoms with Crippen LogP contribution in [0.1, 0.15) is 0 Å². The van der Waals surface area contributed by atoms with Gasteiger partial charge in [-0.15, -0.1) is 23.4 Å². The first kappa shape index (κ1) is 18.7. The van der Waals surface area contributed by atoms with Crippen LogP contribution in [0.25, 0.3) is 21.5 Å². The number of amides is 2. The fourth-order valence-corrected chi connectivity index (χ4v) is 3.32. The molecule has 3 N–H and O–H groups in total. The number of nitrogens with zero attached hydrogens (tertiary/aromatic N) is 2. The number of anilines is 2. The van der Waals surface area contributed by atoms with Crippen LogP contribution in [-0.2, 0) is 0 Å². The molecule has 7 nitrogen and oxygen atoms in total. The van der Waals surface area contributed by atoms with E-state index in [1.807, 2.05) is 18.2 Å². The fourth-order valence-electron chi connectivity index (χ4n) is 2.58. The molecule has 0 radical (unpaired) electrons. The van der Waals surface area contributed by atoms with Crippen molar-refractivity contribution in [1.82, 2.24) is 15.2 Å². The van der Waals surface area contributed by atoms with Crippen molar-refractivity contribution >= 4 is 39.1 Å². The van der Waals surface area contributed by atoms with E-state index >= 15 is 0 Å². The largest absolute Gasteiger partial charge is 0.573 e. The van der Waals surface area contributed by atoms with Gasteiger partial charge in [0.15, 0.2) is 0 Å². The number of ether oxygens (including phenoxy) is 1. The van der Waals surface area contributed by atoms with Crippen molar-refractivity contribution in [1.29, 1.82) is 0 Å². The number of aromatic nitrogens is 3. The van der Waals surface area contributed by atoms with E-state index in [1.54, 1.807) is 12.3 Å². The van der Waals surface area contributed by atoms with Crippen molar-refractivity contribution in [3.63, 3.8) is 0 Å². The molecular formula is C18H12F3N5O2S. The lowest BCUT2D eigenvalue weighted by atomic mass is 10.2. The predicted molar refractivity (Wildman–Crippen MR) is 103 cm³/mol. The second-order valence-corrected chi connectivity index (χ2v) is 6.82. The lowest BCUT2D eigenvalue weighted by Gasteiger charge is -2.08. The Morgan fingerprint density at radius 2 is 1.83 bits per heavy atom. The Morgan fingerprint density at radius 3 is 2.59 bits per heavy atom. The Hall–Kier alpha value is -3.60. The number of urea groups is 1. The van der Waals surface area contributed by atoms with E-state index in [0.717, 1.165) is 22.2 Å². The maximum absolute atomic E-state index is 12.2. The monoisotopic (exact) mass is 419 g/mol. The molecule has 0 aliphatic heterocycles. The molecule has 0 saturated carbocycles. The summed E-state index contributed by atoms with van der Waals surface area (Å²) < 4.78 is 40.5. The highest BCUT2D eigenvalue weighted by molar-refractivity contribution is 7.18. The van der Waals surface area contributed by atoms with E-state index in [0.29, 0.717) is 16.3 Å². The van der Waals surface area contributed by atoms with Crippen molar-refractivity contribution in [3.05, 3.63) is 54.7 Å². The van der Waals surface area contributed by atoms with E-state index < -0.39 is 12.4 Å². The zero-order valence-corrected chi connectivity index (χ0v) is 15.3. The summed E-state index contributed by atoms with van der Waals surface area (Å²) in [5, 5.41) is 14.7. The number of hydrogen-bond donors (Lipinski definition) is 3. The van der Waals surface area contributed by atoms with Crippen molar-refractivity contribution < 1.29 is 22.7 Å². The molecule has 2 heterocycles. The van der Waals surface area contributed by atoms with Gasteiger partial charge in [0.05, 0.1) is 0 Å². The van der Waals surface area contributed by atoms with Crippen LogP contribution in [0.3, 0.4) is 0 Å². The number of hydrogen-bond acceptors (Lipinski definition) is 5. The third kappa shape index (κ3) is 4.63. The van der Waals surface area contributed by atoms with Crippen LogP contribution in [0.2, 0.25) is 0 Å². The van der Waals surface area contributed by atoms with E-state index in [-0.39, 0.29) is 10.9 Å². The highest BCUT2D eigenvalue weighted by atomic mass is 32.1. The number of benzene rings is 2. The zero-order chi connectivity index (χ0) is 20.4. The second kappa shape index (κ2) is 7.43. The van der Waals surface area contributed by atoms with E-state index in [9.17, 15) is 18.0 Å². The van der Waals surface area contributed by atoms with Crippen molar-refractivity contribution in [2.75, 3.05) is 10.6 Å².